The second-order valence-electron chi connectivity index (χ2n) is 6.23. The quantitative estimate of drug-likeness (QED) is 0.424. The highest BCUT2D eigenvalue weighted by molar-refractivity contribution is 7.89. The van der Waals surface area contributed by atoms with Crippen molar-refractivity contribution in [3.63, 3.8) is 0 Å². The van der Waals surface area contributed by atoms with Gasteiger partial charge in [0.25, 0.3) is 0 Å². The second kappa shape index (κ2) is 9.08. The monoisotopic (exact) mass is 434 g/mol. The normalized spacial score (nSPS) is 11.3. The Morgan fingerprint density at radius 3 is 2.41 bits per heavy atom. The largest absolute Gasteiger partial charge is 0.361 e. The predicted molar refractivity (Wildman–Crippen MR) is 110 cm³/mol. The Morgan fingerprint density at radius 1 is 0.966 bits per heavy atom. The number of rotatable bonds is 7. The van der Waals surface area contributed by atoms with E-state index in [0.717, 1.165) is 16.5 Å². The van der Waals surface area contributed by atoms with Gasteiger partial charge in [-0.3, -0.25) is 20.4 Å². The summed E-state index contributed by atoms with van der Waals surface area (Å²) in [5.74, 6) is -0.902. The minimum absolute atomic E-state index is 0.0503. The van der Waals surface area contributed by atoms with Crippen LogP contribution in [-0.4, -0.2) is 31.8 Å². The van der Waals surface area contributed by atoms with Crippen molar-refractivity contribution in [2.45, 2.75) is 17.7 Å². The number of fused-ring (bicyclic) bond motifs is 1. The molecule has 1 heterocycles. The Morgan fingerprint density at radius 2 is 1.66 bits per heavy atom. The molecule has 0 saturated heterocycles. The molecule has 29 heavy (non-hydrogen) atoms. The van der Waals surface area contributed by atoms with Crippen LogP contribution in [0.2, 0.25) is 5.02 Å². The zero-order valence-electron chi connectivity index (χ0n) is 15.2. The van der Waals surface area contributed by atoms with Gasteiger partial charge in [0.15, 0.2) is 0 Å². The minimum atomic E-state index is -3.74. The molecule has 0 bridgehead atoms. The fourth-order valence-corrected chi connectivity index (χ4v) is 3.85. The maximum absolute atomic E-state index is 12.1. The van der Waals surface area contributed by atoms with Crippen LogP contribution in [0.4, 0.5) is 0 Å². The molecule has 0 spiro atoms. The molecule has 10 heteroatoms. The van der Waals surface area contributed by atoms with Crippen molar-refractivity contribution >= 4 is 44.3 Å². The first-order chi connectivity index (χ1) is 13.8. The summed E-state index contributed by atoms with van der Waals surface area (Å²) in [4.78, 5) is 27.0. The van der Waals surface area contributed by atoms with Crippen LogP contribution in [0.25, 0.3) is 10.9 Å². The first kappa shape index (κ1) is 20.8. The molecule has 1 aromatic heterocycles. The van der Waals surface area contributed by atoms with E-state index in [1.54, 1.807) is 6.20 Å². The molecule has 8 nitrogen and oxygen atoms in total. The highest BCUT2D eigenvalue weighted by Crippen LogP contribution is 2.18. The van der Waals surface area contributed by atoms with Gasteiger partial charge in [-0.05, 0) is 35.9 Å². The molecule has 3 rings (SSSR count). The molecule has 152 valence electrons. The van der Waals surface area contributed by atoms with E-state index >= 15 is 0 Å². The van der Waals surface area contributed by atoms with Crippen molar-refractivity contribution < 1.29 is 18.0 Å². The maximum atomic E-state index is 12.1. The number of hydrogen-bond acceptors (Lipinski definition) is 4. The topological polar surface area (TPSA) is 120 Å². The van der Waals surface area contributed by atoms with E-state index in [9.17, 15) is 18.0 Å². The number of H-pyrrole nitrogens is 1. The molecular formula is C19H19ClN4O4S. The van der Waals surface area contributed by atoms with Crippen molar-refractivity contribution in [3.8, 4) is 0 Å². The molecule has 3 aromatic rings. The van der Waals surface area contributed by atoms with Crippen LogP contribution in [-0.2, 0) is 26.0 Å². The standard InChI is InChI=1S/C19H19ClN4O4S/c20-14-5-7-15(8-6-14)29(27,28)22-10-9-18(25)23-24-19(26)11-13-12-21-17-4-2-1-3-16(13)17/h1-8,12,21-22H,9-11H2,(H,23,25)(H,24,26). The van der Waals surface area contributed by atoms with E-state index < -0.39 is 15.9 Å². The smallest absolute Gasteiger partial charge is 0.242 e. The van der Waals surface area contributed by atoms with Crippen molar-refractivity contribution in [2.75, 3.05) is 6.54 Å². The number of carbonyl (C=O) groups is 2. The van der Waals surface area contributed by atoms with Crippen LogP contribution < -0.4 is 15.6 Å². The van der Waals surface area contributed by atoms with Crippen LogP contribution >= 0.6 is 11.6 Å². The van der Waals surface area contributed by atoms with Gasteiger partial charge >= 0.3 is 0 Å². The van der Waals surface area contributed by atoms with Crippen LogP contribution in [0.15, 0.2) is 59.6 Å². The minimum Gasteiger partial charge on any atom is -0.361 e. The molecule has 0 aliphatic rings. The third kappa shape index (κ3) is 5.57. The average molecular weight is 435 g/mol. The van der Waals surface area contributed by atoms with E-state index in [0.29, 0.717) is 5.02 Å². The lowest BCUT2D eigenvalue weighted by Gasteiger charge is -2.09. The van der Waals surface area contributed by atoms with Crippen LogP contribution in [0.1, 0.15) is 12.0 Å². The first-order valence-electron chi connectivity index (χ1n) is 8.73. The third-order valence-electron chi connectivity index (χ3n) is 4.14. The molecular weight excluding hydrogens is 416 g/mol. The molecule has 2 amide bonds. The van der Waals surface area contributed by atoms with Gasteiger partial charge in [0.2, 0.25) is 21.8 Å². The predicted octanol–water partition coefficient (Wildman–Crippen LogP) is 1.88. The summed E-state index contributed by atoms with van der Waals surface area (Å²) in [6, 6.07) is 13.3. The van der Waals surface area contributed by atoms with Gasteiger partial charge in [0, 0.05) is 35.1 Å². The lowest BCUT2D eigenvalue weighted by atomic mass is 10.1. The number of hydrazine groups is 1. The van der Waals surface area contributed by atoms with E-state index in [1.807, 2.05) is 24.3 Å². The van der Waals surface area contributed by atoms with Gasteiger partial charge < -0.3 is 4.98 Å². The summed E-state index contributed by atoms with van der Waals surface area (Å²) in [5, 5.41) is 1.36. The number of halogens is 1. The summed E-state index contributed by atoms with van der Waals surface area (Å²) in [7, 11) is -3.74. The summed E-state index contributed by atoms with van der Waals surface area (Å²) in [6.45, 7) is -0.116. The Hall–Kier alpha value is -2.88. The molecule has 0 aliphatic heterocycles. The Bertz CT molecular complexity index is 1130. The van der Waals surface area contributed by atoms with Crippen molar-refractivity contribution in [3.05, 3.63) is 65.3 Å². The van der Waals surface area contributed by atoms with E-state index in [1.165, 1.54) is 24.3 Å². The number of benzene rings is 2. The Labute approximate surface area is 172 Å². The molecule has 2 aromatic carbocycles. The van der Waals surface area contributed by atoms with Crippen LogP contribution in [0, 0.1) is 0 Å². The number of hydrogen-bond donors (Lipinski definition) is 4. The van der Waals surface area contributed by atoms with Gasteiger partial charge in [0.05, 0.1) is 11.3 Å². The van der Waals surface area contributed by atoms with Gasteiger partial charge in [-0.2, -0.15) is 0 Å². The Balaban J connectivity index is 1.42. The first-order valence-corrected chi connectivity index (χ1v) is 10.6. The highest BCUT2D eigenvalue weighted by atomic mass is 35.5. The third-order valence-corrected chi connectivity index (χ3v) is 5.86. The van der Waals surface area contributed by atoms with Crippen molar-refractivity contribution in [1.82, 2.24) is 20.6 Å². The number of sulfonamides is 1. The maximum Gasteiger partial charge on any atom is 0.242 e. The number of amides is 2. The second-order valence-corrected chi connectivity index (χ2v) is 8.44. The number of para-hydroxylation sites is 1. The van der Waals surface area contributed by atoms with Crippen LogP contribution in [0.5, 0.6) is 0 Å². The van der Waals surface area contributed by atoms with E-state index in [2.05, 4.69) is 20.6 Å². The number of aromatic amines is 1. The molecule has 0 atom stereocenters. The van der Waals surface area contributed by atoms with Gasteiger partial charge in [-0.25, -0.2) is 13.1 Å². The molecule has 0 aliphatic carbocycles. The van der Waals surface area contributed by atoms with Gasteiger partial charge in [0.1, 0.15) is 0 Å². The number of nitrogens with one attached hydrogen (secondary N) is 4. The lowest BCUT2D eigenvalue weighted by molar-refractivity contribution is -0.128. The number of aromatic nitrogens is 1. The summed E-state index contributed by atoms with van der Waals surface area (Å²) < 4.78 is 26.6. The fourth-order valence-electron chi connectivity index (χ4n) is 2.69. The van der Waals surface area contributed by atoms with Crippen molar-refractivity contribution in [1.29, 1.82) is 0 Å². The lowest BCUT2D eigenvalue weighted by Crippen LogP contribution is -2.43. The van der Waals surface area contributed by atoms with Gasteiger partial charge in [-0.1, -0.05) is 29.8 Å². The molecule has 0 fully saturated rings. The fraction of sp³-hybridized carbons (Fsp3) is 0.158. The SMILES string of the molecule is O=C(CCNS(=O)(=O)c1ccc(Cl)cc1)NNC(=O)Cc1c[nH]c2ccccc12. The zero-order valence-corrected chi connectivity index (χ0v) is 16.8. The van der Waals surface area contributed by atoms with Gasteiger partial charge in [-0.15, -0.1) is 0 Å². The molecule has 0 radical (unpaired) electrons. The summed E-state index contributed by atoms with van der Waals surface area (Å²) >= 11 is 5.74. The summed E-state index contributed by atoms with van der Waals surface area (Å²) in [6.07, 6.45) is 1.70. The highest BCUT2D eigenvalue weighted by Gasteiger charge is 2.14. The molecule has 4 N–H and O–H groups in total. The zero-order chi connectivity index (χ0) is 20.9. The van der Waals surface area contributed by atoms with E-state index in [4.69, 9.17) is 11.6 Å². The van der Waals surface area contributed by atoms with Crippen molar-refractivity contribution in [2.24, 2.45) is 0 Å². The van der Waals surface area contributed by atoms with E-state index in [-0.39, 0.29) is 30.2 Å². The van der Waals surface area contributed by atoms with Crippen LogP contribution in [0.3, 0.4) is 0 Å². The average Bonchev–Trinajstić information content (AvgIpc) is 3.09. The summed E-state index contributed by atoms with van der Waals surface area (Å²) in [5.41, 5.74) is 6.33. The molecule has 0 unspecified atom stereocenters. The number of carbonyl (C=O) groups excluding carboxylic acids is 2. The Kier molecular flexibility index (Phi) is 6.53. The molecule has 0 saturated carbocycles.